The zero-order valence-electron chi connectivity index (χ0n) is 12.1. The lowest BCUT2D eigenvalue weighted by atomic mass is 10.1. The molecule has 0 aliphatic carbocycles. The fourth-order valence-electron chi connectivity index (χ4n) is 1.78. The zero-order chi connectivity index (χ0) is 14.4. The number of ether oxygens (including phenoxy) is 2. The van der Waals surface area contributed by atoms with Crippen molar-refractivity contribution in [2.24, 2.45) is 0 Å². The molecule has 2 rings (SSSR count). The van der Waals surface area contributed by atoms with Crippen LogP contribution in [0.5, 0.6) is 17.6 Å². The molecule has 0 amide bonds. The molecule has 20 heavy (non-hydrogen) atoms. The van der Waals surface area contributed by atoms with Crippen LogP contribution in [-0.2, 0) is 13.0 Å². The summed E-state index contributed by atoms with van der Waals surface area (Å²) in [5.41, 5.74) is 2.00. The quantitative estimate of drug-likeness (QED) is 0.842. The van der Waals surface area contributed by atoms with E-state index in [0.717, 1.165) is 18.7 Å². The van der Waals surface area contributed by atoms with E-state index in [1.807, 2.05) is 25.1 Å². The second-order valence-electron chi connectivity index (χ2n) is 4.33. The Labute approximate surface area is 118 Å². The molecule has 0 aliphatic rings. The summed E-state index contributed by atoms with van der Waals surface area (Å²) in [5.74, 6) is 1.28. The maximum Gasteiger partial charge on any atom is 0.399 e. The van der Waals surface area contributed by atoms with Crippen molar-refractivity contribution in [3.05, 3.63) is 35.7 Å². The summed E-state index contributed by atoms with van der Waals surface area (Å²) in [6, 6.07) is 5.82. The minimum Gasteiger partial charge on any atom is -0.493 e. The molecule has 0 radical (unpaired) electrons. The van der Waals surface area contributed by atoms with Crippen LogP contribution in [0.1, 0.15) is 25.1 Å². The number of nitrogens with one attached hydrogen (secondary N) is 1. The molecule has 5 nitrogen and oxygen atoms in total. The fourth-order valence-corrected chi connectivity index (χ4v) is 1.78. The second kappa shape index (κ2) is 6.96. The van der Waals surface area contributed by atoms with Crippen LogP contribution in [0.25, 0.3) is 0 Å². The number of aromatic nitrogens is 1. The Morgan fingerprint density at radius 1 is 1.25 bits per heavy atom. The van der Waals surface area contributed by atoms with Gasteiger partial charge in [-0.15, -0.1) is 0 Å². The van der Waals surface area contributed by atoms with Crippen LogP contribution in [0.4, 0.5) is 0 Å². The zero-order valence-corrected chi connectivity index (χ0v) is 12.1. The predicted octanol–water partition coefficient (Wildman–Crippen LogP) is 3.15. The number of hydrogen-bond acceptors (Lipinski definition) is 5. The van der Waals surface area contributed by atoms with Gasteiger partial charge in [0.15, 0.2) is 11.5 Å². The molecule has 5 heteroatoms. The van der Waals surface area contributed by atoms with Crippen molar-refractivity contribution in [3.8, 4) is 17.6 Å². The lowest BCUT2D eigenvalue weighted by molar-refractivity contribution is 0.310. The summed E-state index contributed by atoms with van der Waals surface area (Å²) >= 11 is 0. The van der Waals surface area contributed by atoms with Crippen molar-refractivity contribution in [1.29, 1.82) is 0 Å². The highest BCUT2D eigenvalue weighted by atomic mass is 16.6. The Bertz CT molecular complexity index is 552. The van der Waals surface area contributed by atoms with Crippen LogP contribution in [-0.4, -0.2) is 18.6 Å². The van der Waals surface area contributed by atoms with Crippen molar-refractivity contribution in [1.82, 2.24) is 10.3 Å². The Morgan fingerprint density at radius 2 is 2.10 bits per heavy atom. The van der Waals surface area contributed by atoms with Crippen LogP contribution in [0.2, 0.25) is 0 Å². The molecule has 0 fully saturated rings. The molecule has 0 aliphatic heterocycles. The summed E-state index contributed by atoms with van der Waals surface area (Å²) < 4.78 is 16.2. The molecule has 1 aromatic carbocycles. The molecule has 0 unspecified atom stereocenters. The molecule has 0 saturated carbocycles. The van der Waals surface area contributed by atoms with Gasteiger partial charge >= 0.3 is 6.08 Å². The molecule has 0 saturated heterocycles. The Morgan fingerprint density at radius 3 is 2.80 bits per heavy atom. The van der Waals surface area contributed by atoms with E-state index in [0.29, 0.717) is 18.0 Å². The highest BCUT2D eigenvalue weighted by molar-refractivity contribution is 5.44. The molecule has 108 valence electrons. The van der Waals surface area contributed by atoms with Crippen LogP contribution in [0.15, 0.2) is 28.9 Å². The summed E-state index contributed by atoms with van der Waals surface area (Å²) in [4.78, 5) is 4.25. The summed E-state index contributed by atoms with van der Waals surface area (Å²) in [6.07, 6.45) is 2.76. The Hall–Kier alpha value is -2.01. The van der Waals surface area contributed by atoms with E-state index in [1.165, 1.54) is 5.56 Å². The van der Waals surface area contributed by atoms with Crippen molar-refractivity contribution in [3.63, 3.8) is 0 Å². The highest BCUT2D eigenvalue weighted by Gasteiger charge is 2.10. The SMILES string of the molecule is CCNCc1coc(Oc2ccc(CC)cc2OC)n1. The van der Waals surface area contributed by atoms with Gasteiger partial charge < -0.3 is 19.2 Å². The third-order valence-corrected chi connectivity index (χ3v) is 2.92. The minimum absolute atomic E-state index is 0.223. The molecular weight excluding hydrogens is 256 g/mol. The monoisotopic (exact) mass is 276 g/mol. The van der Waals surface area contributed by atoms with Crippen molar-refractivity contribution in [2.45, 2.75) is 26.8 Å². The second-order valence-corrected chi connectivity index (χ2v) is 4.33. The fraction of sp³-hybridized carbons (Fsp3) is 0.400. The number of nitrogens with zero attached hydrogens (tertiary/aromatic N) is 1. The number of hydrogen-bond donors (Lipinski definition) is 1. The van der Waals surface area contributed by atoms with Crippen LogP contribution >= 0.6 is 0 Å². The average molecular weight is 276 g/mol. The number of rotatable bonds is 7. The van der Waals surface area contributed by atoms with E-state index in [-0.39, 0.29) is 6.08 Å². The van der Waals surface area contributed by atoms with Gasteiger partial charge in [0.1, 0.15) is 6.26 Å². The summed E-state index contributed by atoms with van der Waals surface area (Å²) in [5, 5.41) is 3.18. The van der Waals surface area contributed by atoms with Gasteiger partial charge in [-0.2, -0.15) is 4.98 Å². The lowest BCUT2D eigenvalue weighted by Crippen LogP contribution is -2.11. The molecule has 0 atom stereocenters. The van der Waals surface area contributed by atoms with Crippen molar-refractivity contribution >= 4 is 0 Å². The number of benzene rings is 1. The molecule has 1 N–H and O–H groups in total. The molecule has 2 aromatic rings. The molecule has 0 spiro atoms. The smallest absolute Gasteiger partial charge is 0.399 e. The van der Waals surface area contributed by atoms with Gasteiger partial charge in [0, 0.05) is 6.54 Å². The van der Waals surface area contributed by atoms with Crippen LogP contribution < -0.4 is 14.8 Å². The van der Waals surface area contributed by atoms with Gasteiger partial charge in [0.25, 0.3) is 0 Å². The largest absolute Gasteiger partial charge is 0.493 e. The third kappa shape index (κ3) is 3.51. The van der Waals surface area contributed by atoms with E-state index in [9.17, 15) is 0 Å². The number of aryl methyl sites for hydroxylation is 1. The van der Waals surface area contributed by atoms with E-state index in [4.69, 9.17) is 13.9 Å². The number of oxazole rings is 1. The maximum absolute atomic E-state index is 5.63. The van der Waals surface area contributed by atoms with Crippen molar-refractivity contribution in [2.75, 3.05) is 13.7 Å². The van der Waals surface area contributed by atoms with Gasteiger partial charge in [-0.05, 0) is 30.7 Å². The first kappa shape index (κ1) is 14.4. The highest BCUT2D eigenvalue weighted by Crippen LogP contribution is 2.32. The third-order valence-electron chi connectivity index (χ3n) is 2.92. The average Bonchev–Trinajstić information content (AvgIpc) is 2.93. The van der Waals surface area contributed by atoms with E-state index in [1.54, 1.807) is 13.4 Å². The van der Waals surface area contributed by atoms with Crippen LogP contribution in [0, 0.1) is 0 Å². The molecular formula is C15H20N2O3. The Kier molecular flexibility index (Phi) is 5.01. The first-order valence-corrected chi connectivity index (χ1v) is 6.76. The summed E-state index contributed by atoms with van der Waals surface area (Å²) in [6.45, 7) is 5.68. The van der Waals surface area contributed by atoms with Crippen LogP contribution in [0.3, 0.4) is 0 Å². The number of methoxy groups -OCH3 is 1. The Balaban J connectivity index is 2.11. The summed E-state index contributed by atoms with van der Waals surface area (Å²) in [7, 11) is 1.62. The van der Waals surface area contributed by atoms with Gasteiger partial charge in [-0.25, -0.2) is 0 Å². The van der Waals surface area contributed by atoms with Gasteiger partial charge in [-0.3, -0.25) is 0 Å². The minimum atomic E-state index is 0.223. The van der Waals surface area contributed by atoms with Crippen molar-refractivity contribution < 1.29 is 13.9 Å². The normalized spacial score (nSPS) is 10.6. The van der Waals surface area contributed by atoms with E-state index >= 15 is 0 Å². The first-order valence-electron chi connectivity index (χ1n) is 6.76. The van der Waals surface area contributed by atoms with Gasteiger partial charge in [0.05, 0.1) is 12.8 Å². The maximum atomic E-state index is 5.63. The van der Waals surface area contributed by atoms with Gasteiger partial charge in [0.2, 0.25) is 0 Å². The standard InChI is InChI=1S/C15H20N2O3/c1-4-11-6-7-13(14(8-11)18-3)20-15-17-12(10-19-15)9-16-5-2/h6-8,10,16H,4-5,9H2,1-3H3. The first-order chi connectivity index (χ1) is 9.76. The topological polar surface area (TPSA) is 56.5 Å². The van der Waals surface area contributed by atoms with E-state index < -0.39 is 0 Å². The van der Waals surface area contributed by atoms with Gasteiger partial charge in [-0.1, -0.05) is 19.9 Å². The predicted molar refractivity (Wildman–Crippen MR) is 76.3 cm³/mol. The van der Waals surface area contributed by atoms with E-state index in [2.05, 4.69) is 17.2 Å². The molecule has 0 bridgehead atoms. The molecule has 1 heterocycles. The lowest BCUT2D eigenvalue weighted by Gasteiger charge is -2.08. The molecule has 1 aromatic heterocycles.